The summed E-state index contributed by atoms with van der Waals surface area (Å²) in [6.07, 6.45) is 15.0. The van der Waals surface area contributed by atoms with Gasteiger partial charge in [-0.25, -0.2) is 28.6 Å². The first-order valence-electron chi connectivity index (χ1n) is 22.6. The molecule has 0 radical (unpaired) electrons. The number of imidazole rings is 1. The van der Waals surface area contributed by atoms with Gasteiger partial charge in [-0.3, -0.25) is 32.5 Å². The molecule has 1 fully saturated rings. The van der Waals surface area contributed by atoms with E-state index < -0.39 is 90.7 Å². The molecule has 29 heteroatoms. The summed E-state index contributed by atoms with van der Waals surface area (Å²) in [7, 11) is -16.5. The lowest BCUT2D eigenvalue weighted by Gasteiger charge is -2.30. The van der Waals surface area contributed by atoms with E-state index in [0.29, 0.717) is 6.42 Å². The largest absolute Gasteiger partial charge is 0.481 e. The summed E-state index contributed by atoms with van der Waals surface area (Å²) in [5.74, 6) is -1.25. The highest BCUT2D eigenvalue weighted by Crippen LogP contribution is 2.61. The summed E-state index contributed by atoms with van der Waals surface area (Å²) >= 11 is 0.981. The van der Waals surface area contributed by atoms with E-state index in [9.17, 15) is 63.0 Å². The Morgan fingerprint density at radius 1 is 0.914 bits per heavy atom. The number of allylic oxidation sites excluding steroid dienone is 6. The van der Waals surface area contributed by atoms with Crippen LogP contribution < -0.4 is 16.4 Å². The molecular weight excluding hydrogens is 1000 g/mol. The Kier molecular flexibility index (Phi) is 26.2. The van der Waals surface area contributed by atoms with Gasteiger partial charge in [0.2, 0.25) is 11.8 Å². The zero-order chi connectivity index (χ0) is 52.0. The number of amides is 2. The average molecular weight is 1070 g/mol. The van der Waals surface area contributed by atoms with E-state index in [1.807, 2.05) is 0 Å². The highest BCUT2D eigenvalue weighted by Gasteiger charge is 2.50. The van der Waals surface area contributed by atoms with Crippen LogP contribution in [-0.2, 0) is 50.7 Å². The van der Waals surface area contributed by atoms with E-state index in [2.05, 4.69) is 77.8 Å². The fraction of sp³-hybridized carbons (Fsp3) is 0.659. The fourth-order valence-corrected chi connectivity index (χ4v) is 10.2. The van der Waals surface area contributed by atoms with Crippen molar-refractivity contribution < 1.29 is 85.6 Å². The number of carbonyl (C=O) groups excluding carboxylic acids is 3. The predicted octanol–water partition coefficient (Wildman–Crippen LogP) is 4.01. The second kappa shape index (κ2) is 30.1. The molecule has 8 unspecified atom stereocenters. The Morgan fingerprint density at radius 3 is 2.21 bits per heavy atom. The zero-order valence-corrected chi connectivity index (χ0v) is 42.8. The number of nitrogens with zero attached hydrogens (tertiary/aromatic N) is 4. The fourth-order valence-electron chi connectivity index (χ4n) is 6.58. The molecule has 396 valence electrons. The van der Waals surface area contributed by atoms with Gasteiger partial charge in [0.1, 0.15) is 36.3 Å². The number of aliphatic hydroxyl groups is 3. The van der Waals surface area contributed by atoms with Crippen molar-refractivity contribution in [2.45, 2.75) is 135 Å². The van der Waals surface area contributed by atoms with Gasteiger partial charge in [-0.15, -0.1) is 0 Å². The minimum Gasteiger partial charge on any atom is -0.393 e. The lowest BCUT2D eigenvalue weighted by Crippen LogP contribution is -2.46. The first kappa shape index (κ1) is 61.0. The molecule has 2 aromatic heterocycles. The number of aliphatic hydroxyl groups excluding tert-OH is 3. The van der Waals surface area contributed by atoms with Crippen LogP contribution in [0.5, 0.6) is 0 Å². The van der Waals surface area contributed by atoms with Crippen molar-refractivity contribution in [3.8, 4) is 0 Å². The standard InChI is InChI=1S/C41H68N7O18P3S/c1-4-5-6-7-8-9-10-11-12-13-14-15-16-17-18-19-29(49)24-32(51)70-23-22-43-31(50)20-21-44-39(54)36(53)41(2,3)26-63-69(60,61)66-68(58,59)62-25-30-35(65-67(55,56)57)34(52)40(64-30)48-28-47-33-37(42)45-27-46-38(33)48/h8-9,11-12,14-15,27-30,34-36,40,49,52-53H,4-7,10,13,16-26H2,1-3H3,(H,43,50)(H,44,54)(H,58,59)(H,60,61)(H2,42,45,46)(H2,55,56,57)/b9-8+,12-11+,15-14+. The third-order valence-corrected chi connectivity index (χ3v) is 14.3. The van der Waals surface area contributed by atoms with Crippen LogP contribution >= 0.6 is 35.2 Å². The minimum atomic E-state index is -5.59. The number of hydrogen-bond donors (Lipinski definition) is 10. The number of ether oxygens (including phenoxy) is 1. The molecule has 3 heterocycles. The summed E-state index contributed by atoms with van der Waals surface area (Å²) < 4.78 is 62.4. The monoisotopic (exact) mass is 1070 g/mol. The normalized spacial score (nSPS) is 20.5. The molecule has 25 nitrogen and oxygen atoms in total. The SMILES string of the molecule is CCCCC/C=C/C/C=C/C/C=C/CCCCC(O)CC(=O)SCCNC(=O)CCNC(=O)C(O)C(C)(C)COP(=O)(O)OP(=O)(O)OCC1OC(n2cnc3c(N)ncnc32)C(O)C1OP(=O)(O)O. The number of anilines is 1. The van der Waals surface area contributed by atoms with E-state index in [0.717, 1.165) is 67.5 Å². The first-order valence-corrected chi connectivity index (χ1v) is 28.1. The maximum Gasteiger partial charge on any atom is 0.481 e. The molecule has 3 rings (SSSR count). The number of phosphoric acid groups is 3. The number of nitrogens with two attached hydrogens (primary N) is 1. The van der Waals surface area contributed by atoms with Crippen molar-refractivity contribution in [3.63, 3.8) is 0 Å². The number of nitrogens with one attached hydrogen (secondary N) is 2. The lowest BCUT2D eigenvalue weighted by atomic mass is 9.87. The third kappa shape index (κ3) is 22.7. The molecule has 0 spiro atoms. The minimum absolute atomic E-state index is 0.00577. The Morgan fingerprint density at radius 2 is 1.56 bits per heavy atom. The second-order valence-electron chi connectivity index (χ2n) is 16.8. The highest BCUT2D eigenvalue weighted by atomic mass is 32.2. The first-order chi connectivity index (χ1) is 32.9. The van der Waals surface area contributed by atoms with Crippen molar-refractivity contribution in [1.29, 1.82) is 0 Å². The molecule has 1 saturated heterocycles. The topological polar surface area (TPSA) is 384 Å². The van der Waals surface area contributed by atoms with Crippen molar-refractivity contribution in [3.05, 3.63) is 49.1 Å². The van der Waals surface area contributed by atoms with Crippen LogP contribution in [0.15, 0.2) is 49.1 Å². The molecule has 2 aromatic rings. The van der Waals surface area contributed by atoms with Crippen molar-refractivity contribution in [2.24, 2.45) is 5.41 Å². The molecule has 0 aromatic carbocycles. The van der Waals surface area contributed by atoms with E-state index in [1.54, 1.807) is 0 Å². The molecule has 11 N–H and O–H groups in total. The number of thioether (sulfide) groups is 1. The van der Waals surface area contributed by atoms with Crippen LogP contribution in [-0.4, -0.2) is 134 Å². The van der Waals surface area contributed by atoms with Gasteiger partial charge >= 0.3 is 23.5 Å². The van der Waals surface area contributed by atoms with Crippen LogP contribution in [0, 0.1) is 5.41 Å². The van der Waals surface area contributed by atoms with Gasteiger partial charge < -0.3 is 56.0 Å². The van der Waals surface area contributed by atoms with Crippen molar-refractivity contribution in [1.82, 2.24) is 30.2 Å². The summed E-state index contributed by atoms with van der Waals surface area (Å²) in [4.78, 5) is 88.5. The summed E-state index contributed by atoms with van der Waals surface area (Å²) in [6.45, 7) is 2.56. The predicted molar refractivity (Wildman–Crippen MR) is 257 cm³/mol. The van der Waals surface area contributed by atoms with Crippen LogP contribution in [0.1, 0.15) is 104 Å². The summed E-state index contributed by atoms with van der Waals surface area (Å²) in [6, 6.07) is 0. The smallest absolute Gasteiger partial charge is 0.393 e. The van der Waals surface area contributed by atoms with Gasteiger partial charge in [-0.1, -0.05) is 88.3 Å². The van der Waals surface area contributed by atoms with Crippen molar-refractivity contribution in [2.75, 3.05) is 37.8 Å². The van der Waals surface area contributed by atoms with Crippen LogP contribution in [0.2, 0.25) is 0 Å². The van der Waals surface area contributed by atoms with Gasteiger partial charge in [-0.2, -0.15) is 4.31 Å². The van der Waals surface area contributed by atoms with Gasteiger partial charge in [0.15, 0.2) is 22.8 Å². The Labute approximate surface area is 410 Å². The highest BCUT2D eigenvalue weighted by molar-refractivity contribution is 8.13. The molecule has 8 atom stereocenters. The molecule has 1 aliphatic rings. The number of phosphoric ester groups is 3. The van der Waals surface area contributed by atoms with Crippen LogP contribution in [0.3, 0.4) is 0 Å². The molecule has 0 bridgehead atoms. The molecule has 2 amide bonds. The van der Waals surface area contributed by atoms with Gasteiger partial charge in [0, 0.05) is 37.1 Å². The molecular formula is C41H68N7O18P3S. The Hall–Kier alpha value is -3.26. The zero-order valence-electron chi connectivity index (χ0n) is 39.3. The number of hydrogen-bond acceptors (Lipinski definition) is 19. The molecule has 1 aliphatic heterocycles. The van der Waals surface area contributed by atoms with Crippen LogP contribution in [0.25, 0.3) is 11.2 Å². The van der Waals surface area contributed by atoms with E-state index >= 15 is 0 Å². The number of carbonyl (C=O) groups is 3. The van der Waals surface area contributed by atoms with E-state index in [4.69, 9.17) is 19.5 Å². The van der Waals surface area contributed by atoms with Gasteiger partial charge in [-0.05, 0) is 44.9 Å². The van der Waals surface area contributed by atoms with Crippen LogP contribution in [0.4, 0.5) is 5.82 Å². The van der Waals surface area contributed by atoms with Gasteiger partial charge in [0.25, 0.3) is 0 Å². The Balaban J connectivity index is 1.31. The molecule has 70 heavy (non-hydrogen) atoms. The van der Waals surface area contributed by atoms with Crippen molar-refractivity contribution >= 4 is 69.1 Å². The third-order valence-electron chi connectivity index (χ3n) is 10.3. The quantitative estimate of drug-likeness (QED) is 0.0269. The summed E-state index contributed by atoms with van der Waals surface area (Å²) in [5.41, 5.74) is 4.25. The van der Waals surface area contributed by atoms with E-state index in [1.165, 1.54) is 33.1 Å². The number of aromatic nitrogens is 4. The number of nitrogen functional groups attached to an aromatic ring is 1. The summed E-state index contributed by atoms with van der Waals surface area (Å²) in [5, 5.41) is 36.6. The average Bonchev–Trinajstić information content (AvgIpc) is 3.84. The number of rotatable bonds is 34. The van der Waals surface area contributed by atoms with E-state index in [-0.39, 0.29) is 53.8 Å². The Bertz CT molecular complexity index is 2210. The second-order valence-corrected chi connectivity index (χ2v) is 22.2. The molecule has 0 aliphatic carbocycles. The maximum absolute atomic E-state index is 12.7. The maximum atomic E-state index is 12.7. The number of fused-ring (bicyclic) bond motifs is 1. The lowest BCUT2D eigenvalue weighted by molar-refractivity contribution is -0.137. The van der Waals surface area contributed by atoms with Gasteiger partial charge in [0.05, 0.1) is 25.6 Å². The number of unbranched alkanes of at least 4 members (excludes halogenated alkanes) is 5. The molecule has 0 saturated carbocycles.